The maximum Gasteiger partial charge on any atom is 0.387 e. The highest BCUT2D eigenvalue weighted by atomic mass is 32.2. The lowest BCUT2D eigenvalue weighted by Gasteiger charge is -2.33. The molecule has 2 aromatic carbocycles. The van der Waals surface area contributed by atoms with Crippen LogP contribution in [-0.4, -0.2) is 69.4 Å². The summed E-state index contributed by atoms with van der Waals surface area (Å²) in [5.41, 5.74) is 0.834. The molecule has 12 heteroatoms. The first-order valence-corrected chi connectivity index (χ1v) is 11.6. The van der Waals surface area contributed by atoms with Crippen LogP contribution in [0, 0.1) is 11.6 Å². The maximum atomic E-state index is 13.9. The molecule has 0 spiro atoms. The van der Waals surface area contributed by atoms with Gasteiger partial charge in [0.2, 0.25) is 15.9 Å². The van der Waals surface area contributed by atoms with Crippen molar-refractivity contribution in [1.29, 1.82) is 0 Å². The van der Waals surface area contributed by atoms with E-state index in [-0.39, 0.29) is 44.4 Å². The van der Waals surface area contributed by atoms with Gasteiger partial charge in [-0.3, -0.25) is 9.69 Å². The molecule has 1 saturated heterocycles. The van der Waals surface area contributed by atoms with Crippen molar-refractivity contribution in [3.8, 4) is 5.75 Å². The largest absolute Gasteiger partial charge is 0.435 e. The summed E-state index contributed by atoms with van der Waals surface area (Å²) in [6.07, 6.45) is 0.492. The van der Waals surface area contributed by atoms with Gasteiger partial charge in [0.05, 0.1) is 6.54 Å². The fraction of sp³-hybridized carbons (Fsp3) is 0.381. The lowest BCUT2D eigenvalue weighted by molar-refractivity contribution is -0.122. The number of rotatable bonds is 9. The molecule has 1 aliphatic rings. The SMILES string of the molecule is O=C(CN1CCN(S(=O)(=O)c2cc(F)ccc2F)CC1)NCCc1ccc(OC(F)F)cc1. The summed E-state index contributed by atoms with van der Waals surface area (Å²) in [5.74, 6) is -2.06. The van der Waals surface area contributed by atoms with Gasteiger partial charge >= 0.3 is 6.61 Å². The summed E-state index contributed by atoms with van der Waals surface area (Å²) in [7, 11) is -4.18. The van der Waals surface area contributed by atoms with E-state index >= 15 is 0 Å². The standard InChI is InChI=1S/C21H23F4N3O4S/c22-16-3-6-18(23)19(13-16)33(30,31)28-11-9-27(10-12-28)14-20(29)26-8-7-15-1-4-17(5-2-15)32-21(24)25/h1-6,13,21H,7-12,14H2,(H,26,29). The molecule has 1 amide bonds. The van der Waals surface area contributed by atoms with E-state index in [1.54, 1.807) is 17.0 Å². The number of nitrogens with one attached hydrogen (secondary N) is 1. The van der Waals surface area contributed by atoms with E-state index < -0.39 is 33.2 Å². The molecular weight excluding hydrogens is 466 g/mol. The Morgan fingerprint density at radius 3 is 2.33 bits per heavy atom. The monoisotopic (exact) mass is 489 g/mol. The minimum Gasteiger partial charge on any atom is -0.435 e. The third kappa shape index (κ3) is 6.89. The molecule has 0 bridgehead atoms. The minimum atomic E-state index is -4.18. The number of hydrogen-bond donors (Lipinski definition) is 1. The Hall–Kier alpha value is -2.70. The molecule has 1 heterocycles. The van der Waals surface area contributed by atoms with E-state index in [0.29, 0.717) is 19.0 Å². The number of hydrogen-bond acceptors (Lipinski definition) is 5. The summed E-state index contributed by atoms with van der Waals surface area (Å²) in [5, 5.41) is 2.75. The number of carbonyl (C=O) groups is 1. The Kier molecular flexibility index (Phi) is 8.27. The molecule has 0 aliphatic carbocycles. The Morgan fingerprint density at radius 2 is 1.70 bits per heavy atom. The van der Waals surface area contributed by atoms with Crippen molar-refractivity contribution in [1.82, 2.24) is 14.5 Å². The number of alkyl halides is 2. The van der Waals surface area contributed by atoms with Crippen LogP contribution in [0.1, 0.15) is 5.56 Å². The van der Waals surface area contributed by atoms with Gasteiger partial charge in [-0.25, -0.2) is 17.2 Å². The average molecular weight is 489 g/mol. The van der Waals surface area contributed by atoms with Gasteiger partial charge in [-0.1, -0.05) is 12.1 Å². The summed E-state index contributed by atoms with van der Waals surface area (Å²) < 4.78 is 82.2. The molecule has 0 saturated carbocycles. The van der Waals surface area contributed by atoms with Crippen LogP contribution in [0.4, 0.5) is 17.6 Å². The number of nitrogens with zero attached hydrogens (tertiary/aromatic N) is 2. The zero-order valence-corrected chi connectivity index (χ0v) is 18.3. The number of carbonyl (C=O) groups excluding carboxylic acids is 1. The van der Waals surface area contributed by atoms with Crippen LogP contribution in [0.3, 0.4) is 0 Å². The fourth-order valence-corrected chi connectivity index (χ4v) is 4.88. The molecule has 1 N–H and O–H groups in total. The van der Waals surface area contributed by atoms with Crippen molar-refractivity contribution in [3.05, 3.63) is 59.7 Å². The van der Waals surface area contributed by atoms with E-state index in [0.717, 1.165) is 22.0 Å². The minimum absolute atomic E-state index is 0.0403. The number of sulfonamides is 1. The van der Waals surface area contributed by atoms with Crippen molar-refractivity contribution in [2.75, 3.05) is 39.3 Å². The number of amides is 1. The van der Waals surface area contributed by atoms with E-state index in [9.17, 15) is 30.8 Å². The van der Waals surface area contributed by atoms with Crippen LogP contribution in [0.25, 0.3) is 0 Å². The van der Waals surface area contributed by atoms with E-state index in [1.807, 2.05) is 0 Å². The van der Waals surface area contributed by atoms with E-state index in [2.05, 4.69) is 10.1 Å². The zero-order chi connectivity index (χ0) is 24.0. The molecule has 0 atom stereocenters. The highest BCUT2D eigenvalue weighted by Gasteiger charge is 2.31. The lowest BCUT2D eigenvalue weighted by atomic mass is 10.1. The summed E-state index contributed by atoms with van der Waals surface area (Å²) in [4.78, 5) is 13.2. The second kappa shape index (κ2) is 10.9. The molecule has 2 aromatic rings. The zero-order valence-electron chi connectivity index (χ0n) is 17.5. The van der Waals surface area contributed by atoms with Crippen molar-refractivity contribution in [3.63, 3.8) is 0 Å². The van der Waals surface area contributed by atoms with E-state index in [4.69, 9.17) is 0 Å². The van der Waals surface area contributed by atoms with Crippen LogP contribution in [0.5, 0.6) is 5.75 Å². The van der Waals surface area contributed by atoms with Gasteiger partial charge in [0.1, 0.15) is 22.3 Å². The van der Waals surface area contributed by atoms with Gasteiger partial charge in [-0.05, 0) is 42.3 Å². The number of halogens is 4. The van der Waals surface area contributed by atoms with Crippen molar-refractivity contribution >= 4 is 15.9 Å². The molecule has 0 radical (unpaired) electrons. The lowest BCUT2D eigenvalue weighted by Crippen LogP contribution is -2.51. The van der Waals surface area contributed by atoms with Gasteiger partial charge in [0, 0.05) is 32.7 Å². The van der Waals surface area contributed by atoms with Crippen molar-refractivity contribution in [2.24, 2.45) is 0 Å². The highest BCUT2D eigenvalue weighted by Crippen LogP contribution is 2.21. The van der Waals surface area contributed by atoms with Crippen molar-refractivity contribution < 1.29 is 35.5 Å². The Labute approximate surface area is 189 Å². The fourth-order valence-electron chi connectivity index (χ4n) is 3.38. The summed E-state index contributed by atoms with van der Waals surface area (Å²) in [6, 6.07) is 8.38. The number of piperazine rings is 1. The Balaban J connectivity index is 1.42. The van der Waals surface area contributed by atoms with Crippen LogP contribution >= 0.6 is 0 Å². The van der Waals surface area contributed by atoms with Crippen LogP contribution in [0.2, 0.25) is 0 Å². The highest BCUT2D eigenvalue weighted by molar-refractivity contribution is 7.89. The molecule has 0 unspecified atom stereocenters. The second-order valence-electron chi connectivity index (χ2n) is 7.38. The third-order valence-electron chi connectivity index (χ3n) is 5.09. The molecule has 0 aromatic heterocycles. The first kappa shape index (κ1) is 24.9. The third-order valence-corrected chi connectivity index (χ3v) is 7.01. The Bertz CT molecular complexity index is 1060. The smallest absolute Gasteiger partial charge is 0.387 e. The van der Waals surface area contributed by atoms with Crippen LogP contribution in [-0.2, 0) is 21.2 Å². The first-order valence-electron chi connectivity index (χ1n) is 10.1. The van der Waals surface area contributed by atoms with Gasteiger partial charge in [0.25, 0.3) is 0 Å². The number of benzene rings is 2. The van der Waals surface area contributed by atoms with Gasteiger partial charge < -0.3 is 10.1 Å². The number of ether oxygens (including phenoxy) is 1. The van der Waals surface area contributed by atoms with Gasteiger partial charge in [-0.15, -0.1) is 0 Å². The topological polar surface area (TPSA) is 79.0 Å². The average Bonchev–Trinajstić information content (AvgIpc) is 2.76. The molecular formula is C21H23F4N3O4S. The van der Waals surface area contributed by atoms with Crippen LogP contribution < -0.4 is 10.1 Å². The van der Waals surface area contributed by atoms with Crippen molar-refractivity contribution in [2.45, 2.75) is 17.9 Å². The molecule has 33 heavy (non-hydrogen) atoms. The van der Waals surface area contributed by atoms with Gasteiger partial charge in [-0.2, -0.15) is 13.1 Å². The predicted octanol–water partition coefficient (Wildman–Crippen LogP) is 2.23. The first-order chi connectivity index (χ1) is 15.6. The van der Waals surface area contributed by atoms with Gasteiger partial charge in [0.15, 0.2) is 0 Å². The molecule has 1 fully saturated rings. The maximum absolute atomic E-state index is 13.9. The molecule has 3 rings (SSSR count). The normalized spacial score (nSPS) is 15.5. The quantitative estimate of drug-likeness (QED) is 0.547. The molecule has 1 aliphatic heterocycles. The van der Waals surface area contributed by atoms with Crippen LogP contribution in [0.15, 0.2) is 47.4 Å². The summed E-state index contributed by atoms with van der Waals surface area (Å²) in [6.45, 7) is -1.90. The molecule has 7 nitrogen and oxygen atoms in total. The second-order valence-corrected chi connectivity index (χ2v) is 9.28. The summed E-state index contributed by atoms with van der Waals surface area (Å²) >= 11 is 0. The Morgan fingerprint density at radius 1 is 1.03 bits per heavy atom. The molecule has 180 valence electrons. The predicted molar refractivity (Wildman–Crippen MR) is 111 cm³/mol. The van der Waals surface area contributed by atoms with E-state index in [1.165, 1.54) is 12.1 Å².